The molecule has 0 radical (unpaired) electrons. The van der Waals surface area contributed by atoms with E-state index in [2.05, 4.69) is 0 Å². The van der Waals surface area contributed by atoms with E-state index in [1.54, 1.807) is 14.2 Å². The number of methoxy groups -OCH3 is 2. The maximum Gasteiger partial charge on any atom is 0.217 e. The van der Waals surface area contributed by atoms with Gasteiger partial charge in [0.25, 0.3) is 0 Å². The van der Waals surface area contributed by atoms with Gasteiger partial charge in [-0.25, -0.2) is 0 Å². The van der Waals surface area contributed by atoms with E-state index in [4.69, 9.17) is 20.9 Å². The van der Waals surface area contributed by atoms with Gasteiger partial charge in [-0.15, -0.1) is 0 Å². The Morgan fingerprint density at radius 1 is 1.20 bits per heavy atom. The quantitative estimate of drug-likeness (QED) is 0.713. The highest BCUT2D eigenvalue weighted by atomic mass is 16.5. The van der Waals surface area contributed by atoms with E-state index < -0.39 is 0 Å². The maximum absolute atomic E-state index is 10.7. The van der Waals surface area contributed by atoms with Crippen LogP contribution in [0.25, 0.3) is 0 Å². The summed E-state index contributed by atoms with van der Waals surface area (Å²) in [6.07, 6.45) is 2.87. The van der Waals surface area contributed by atoms with Crippen molar-refractivity contribution in [3.05, 3.63) is 23.3 Å². The molecule has 0 aliphatic heterocycles. The van der Waals surface area contributed by atoms with E-state index in [1.165, 1.54) is 0 Å². The fourth-order valence-electron chi connectivity index (χ4n) is 2.21. The van der Waals surface area contributed by atoms with Crippen molar-refractivity contribution in [3.8, 4) is 11.5 Å². The summed E-state index contributed by atoms with van der Waals surface area (Å²) in [6, 6.07) is 3.77. The molecule has 1 aromatic carbocycles. The molecule has 20 heavy (non-hydrogen) atoms. The molecular weight excluding hydrogens is 256 g/mol. The van der Waals surface area contributed by atoms with Gasteiger partial charge in [0, 0.05) is 12.5 Å². The van der Waals surface area contributed by atoms with Crippen LogP contribution in [0.15, 0.2) is 12.1 Å². The molecule has 0 bridgehead atoms. The fourth-order valence-corrected chi connectivity index (χ4v) is 2.21. The highest BCUT2D eigenvalue weighted by Crippen LogP contribution is 2.33. The normalized spacial score (nSPS) is 12.0. The first-order valence-corrected chi connectivity index (χ1v) is 6.76. The molecule has 1 unspecified atom stereocenters. The Morgan fingerprint density at radius 2 is 1.80 bits per heavy atom. The average molecular weight is 280 g/mol. The predicted octanol–water partition coefficient (Wildman–Crippen LogP) is 2.06. The molecule has 0 aromatic heterocycles. The molecule has 0 aliphatic carbocycles. The molecule has 1 atom stereocenters. The molecule has 5 heteroatoms. The summed E-state index contributed by atoms with van der Waals surface area (Å²) in [5.74, 6) is 1.12. The third-order valence-corrected chi connectivity index (χ3v) is 3.36. The molecular formula is C15H24N2O3. The highest BCUT2D eigenvalue weighted by molar-refractivity contribution is 5.73. The van der Waals surface area contributed by atoms with Crippen LogP contribution in [0.4, 0.5) is 0 Å². The zero-order valence-electron chi connectivity index (χ0n) is 12.4. The molecule has 1 aromatic rings. The smallest absolute Gasteiger partial charge is 0.217 e. The Bertz CT molecular complexity index is 461. The topological polar surface area (TPSA) is 87.6 Å². The van der Waals surface area contributed by atoms with E-state index in [9.17, 15) is 4.79 Å². The predicted molar refractivity (Wildman–Crippen MR) is 78.9 cm³/mol. The first kappa shape index (κ1) is 16.3. The van der Waals surface area contributed by atoms with Gasteiger partial charge in [-0.05, 0) is 43.0 Å². The minimum absolute atomic E-state index is 0.0808. The second-order valence-corrected chi connectivity index (χ2v) is 4.88. The number of benzene rings is 1. The van der Waals surface area contributed by atoms with Crippen molar-refractivity contribution >= 4 is 5.91 Å². The molecule has 5 nitrogen and oxygen atoms in total. The van der Waals surface area contributed by atoms with Crippen LogP contribution in [0.5, 0.6) is 11.5 Å². The third kappa shape index (κ3) is 4.42. The van der Waals surface area contributed by atoms with Gasteiger partial charge < -0.3 is 20.9 Å². The van der Waals surface area contributed by atoms with Gasteiger partial charge in [0.1, 0.15) is 0 Å². The lowest BCUT2D eigenvalue weighted by Crippen LogP contribution is -2.13. The van der Waals surface area contributed by atoms with Gasteiger partial charge in [-0.3, -0.25) is 4.79 Å². The first-order valence-electron chi connectivity index (χ1n) is 6.76. The molecule has 0 aliphatic rings. The van der Waals surface area contributed by atoms with E-state index in [-0.39, 0.29) is 11.9 Å². The number of hydrogen-bond acceptors (Lipinski definition) is 4. The second-order valence-electron chi connectivity index (χ2n) is 4.88. The van der Waals surface area contributed by atoms with Crippen molar-refractivity contribution in [3.63, 3.8) is 0 Å². The number of carbonyl (C=O) groups excluding carboxylic acids is 1. The summed E-state index contributed by atoms with van der Waals surface area (Å²) in [6.45, 7) is 2.00. The summed E-state index contributed by atoms with van der Waals surface area (Å²) in [7, 11) is 3.22. The van der Waals surface area contributed by atoms with E-state index in [1.807, 2.05) is 19.1 Å². The summed E-state index contributed by atoms with van der Waals surface area (Å²) in [5, 5.41) is 0. The van der Waals surface area contributed by atoms with Crippen LogP contribution in [-0.2, 0) is 4.79 Å². The Hall–Kier alpha value is -1.75. The van der Waals surface area contributed by atoms with Crippen LogP contribution < -0.4 is 20.9 Å². The summed E-state index contributed by atoms with van der Waals surface area (Å²) < 4.78 is 10.6. The lowest BCUT2D eigenvalue weighted by molar-refractivity contribution is -0.118. The molecule has 0 saturated carbocycles. The second kappa shape index (κ2) is 7.75. The van der Waals surface area contributed by atoms with Crippen molar-refractivity contribution in [2.45, 2.75) is 38.6 Å². The average Bonchev–Trinajstić information content (AvgIpc) is 2.42. The molecule has 1 rings (SSSR count). The van der Waals surface area contributed by atoms with Gasteiger partial charge in [0.2, 0.25) is 5.91 Å². The van der Waals surface area contributed by atoms with Crippen LogP contribution in [0, 0.1) is 6.92 Å². The summed E-state index contributed by atoms with van der Waals surface area (Å²) in [5.41, 5.74) is 13.4. The number of ether oxygens (including phenoxy) is 2. The number of carbonyl (C=O) groups is 1. The van der Waals surface area contributed by atoms with Crippen molar-refractivity contribution in [2.75, 3.05) is 14.2 Å². The number of aryl methyl sites for hydroxylation is 1. The van der Waals surface area contributed by atoms with Crippen molar-refractivity contribution in [1.82, 2.24) is 0 Å². The zero-order chi connectivity index (χ0) is 15.1. The lowest BCUT2D eigenvalue weighted by atomic mass is 9.96. The van der Waals surface area contributed by atoms with Crippen molar-refractivity contribution < 1.29 is 14.3 Å². The van der Waals surface area contributed by atoms with Gasteiger partial charge in [0.15, 0.2) is 11.5 Å². The number of unbranched alkanes of at least 4 members (excludes halogenated alkanes) is 1. The number of amides is 1. The third-order valence-electron chi connectivity index (χ3n) is 3.36. The van der Waals surface area contributed by atoms with Gasteiger partial charge in [0.05, 0.1) is 14.2 Å². The fraction of sp³-hybridized carbons (Fsp3) is 0.533. The Kier molecular flexibility index (Phi) is 6.31. The van der Waals surface area contributed by atoms with Gasteiger partial charge >= 0.3 is 0 Å². The van der Waals surface area contributed by atoms with Crippen molar-refractivity contribution in [1.29, 1.82) is 0 Å². The standard InChI is InChI=1S/C15H24N2O3/c1-10-8-13(19-2)14(20-3)9-11(10)12(16)6-4-5-7-15(17)18/h8-9,12H,4-7,16H2,1-3H3,(H2,17,18). The van der Waals surface area contributed by atoms with Crippen LogP contribution in [-0.4, -0.2) is 20.1 Å². The largest absolute Gasteiger partial charge is 0.493 e. The van der Waals surface area contributed by atoms with Gasteiger partial charge in [-0.2, -0.15) is 0 Å². The maximum atomic E-state index is 10.7. The zero-order valence-corrected chi connectivity index (χ0v) is 12.4. The van der Waals surface area contributed by atoms with E-state index >= 15 is 0 Å². The minimum Gasteiger partial charge on any atom is -0.493 e. The Balaban J connectivity index is 2.72. The van der Waals surface area contributed by atoms with Crippen LogP contribution in [0.2, 0.25) is 0 Å². The molecule has 112 valence electrons. The molecule has 0 heterocycles. The number of primary amides is 1. The van der Waals surface area contributed by atoms with Crippen LogP contribution in [0.3, 0.4) is 0 Å². The van der Waals surface area contributed by atoms with Crippen LogP contribution >= 0.6 is 0 Å². The number of hydrogen-bond donors (Lipinski definition) is 2. The molecule has 4 N–H and O–H groups in total. The van der Waals surface area contributed by atoms with E-state index in [0.717, 1.165) is 30.4 Å². The number of nitrogens with two attached hydrogens (primary N) is 2. The van der Waals surface area contributed by atoms with Crippen molar-refractivity contribution in [2.24, 2.45) is 11.5 Å². The molecule has 0 saturated heterocycles. The first-order chi connectivity index (χ1) is 9.49. The van der Waals surface area contributed by atoms with Gasteiger partial charge in [-0.1, -0.05) is 6.42 Å². The minimum atomic E-state index is -0.263. The Labute approximate surface area is 120 Å². The monoisotopic (exact) mass is 280 g/mol. The molecule has 1 amide bonds. The Morgan fingerprint density at radius 3 is 2.35 bits per heavy atom. The lowest BCUT2D eigenvalue weighted by Gasteiger charge is -2.17. The summed E-state index contributed by atoms with van der Waals surface area (Å²) >= 11 is 0. The SMILES string of the molecule is COc1cc(C)c(C(N)CCCCC(N)=O)cc1OC. The van der Waals surface area contributed by atoms with E-state index in [0.29, 0.717) is 17.9 Å². The highest BCUT2D eigenvalue weighted by Gasteiger charge is 2.14. The number of rotatable bonds is 8. The summed E-state index contributed by atoms with van der Waals surface area (Å²) in [4.78, 5) is 10.7. The molecule has 0 fully saturated rings. The molecule has 0 spiro atoms. The van der Waals surface area contributed by atoms with Crippen LogP contribution in [0.1, 0.15) is 42.9 Å².